The van der Waals surface area contributed by atoms with Crippen LogP contribution in [0.4, 0.5) is 5.69 Å². The molecule has 37 heavy (non-hydrogen) atoms. The summed E-state index contributed by atoms with van der Waals surface area (Å²) in [5, 5.41) is 11.0. The van der Waals surface area contributed by atoms with Crippen LogP contribution >= 0.6 is 11.3 Å². The molecule has 0 aliphatic heterocycles. The molecule has 0 unspecified atom stereocenters. The number of hydrogen-bond donors (Lipinski definition) is 2. The maximum Gasteiger partial charge on any atom is 0.280 e. The van der Waals surface area contributed by atoms with Crippen molar-refractivity contribution in [2.24, 2.45) is 0 Å². The van der Waals surface area contributed by atoms with E-state index in [4.69, 9.17) is 4.74 Å². The van der Waals surface area contributed by atoms with Crippen molar-refractivity contribution in [2.75, 3.05) is 11.3 Å². The standard InChI is InChI=1S/C22H23N9O4S2/c1-2-35-20-12-23-10-17(28-20)19-11-25-22(36-19)21(32)29-18(13-31-26-7-8-27-31)16-9-14(5-6-24-16)30-37(33,34)15-3-4-15/h5-12,15,18H,2-4,13H2,1H3,(H,24,30)(H,29,32)/t18-/m0/s1. The second-order valence-electron chi connectivity index (χ2n) is 8.13. The van der Waals surface area contributed by atoms with E-state index in [1.54, 1.807) is 24.5 Å². The van der Waals surface area contributed by atoms with Crippen LogP contribution in [0.25, 0.3) is 10.6 Å². The van der Waals surface area contributed by atoms with E-state index in [-0.39, 0.29) is 16.8 Å². The molecular weight excluding hydrogens is 518 g/mol. The summed E-state index contributed by atoms with van der Waals surface area (Å²) < 4.78 is 32.8. The highest BCUT2D eigenvalue weighted by molar-refractivity contribution is 7.93. The Balaban J connectivity index is 1.36. The molecule has 1 fully saturated rings. The molecule has 4 aromatic heterocycles. The third-order valence-electron chi connectivity index (χ3n) is 5.34. The molecule has 5 rings (SSSR count). The monoisotopic (exact) mass is 541 g/mol. The average molecular weight is 542 g/mol. The normalized spacial score (nSPS) is 14.2. The number of nitrogens with zero attached hydrogens (tertiary/aromatic N) is 7. The van der Waals surface area contributed by atoms with E-state index in [1.165, 1.54) is 29.6 Å². The first-order valence-electron chi connectivity index (χ1n) is 11.4. The van der Waals surface area contributed by atoms with E-state index >= 15 is 0 Å². The highest BCUT2D eigenvalue weighted by Crippen LogP contribution is 2.30. The third kappa shape index (κ3) is 6.06. The van der Waals surface area contributed by atoms with Gasteiger partial charge in [-0.2, -0.15) is 15.0 Å². The summed E-state index contributed by atoms with van der Waals surface area (Å²) in [6.45, 7) is 2.48. The number of carbonyl (C=O) groups is 1. The van der Waals surface area contributed by atoms with E-state index in [1.807, 2.05) is 6.92 Å². The molecule has 2 N–H and O–H groups in total. The van der Waals surface area contributed by atoms with E-state index in [0.29, 0.717) is 47.3 Å². The summed E-state index contributed by atoms with van der Waals surface area (Å²) >= 11 is 1.16. The first-order valence-corrected chi connectivity index (χ1v) is 13.8. The molecule has 0 bridgehead atoms. The first-order chi connectivity index (χ1) is 17.9. The van der Waals surface area contributed by atoms with Crippen LogP contribution in [-0.4, -0.2) is 61.1 Å². The summed E-state index contributed by atoms with van der Waals surface area (Å²) in [6.07, 6.45) is 10.5. The van der Waals surface area contributed by atoms with Crippen molar-refractivity contribution in [1.29, 1.82) is 0 Å². The molecule has 15 heteroatoms. The zero-order valence-corrected chi connectivity index (χ0v) is 21.3. The SMILES string of the molecule is CCOc1cncc(-c2cnc(C(=O)N[C@@H](Cn3nccn3)c3cc(NS(=O)(=O)C4CC4)ccn3)s2)n1. The van der Waals surface area contributed by atoms with Gasteiger partial charge in [0.1, 0.15) is 5.69 Å². The lowest BCUT2D eigenvalue weighted by Gasteiger charge is -2.18. The lowest BCUT2D eigenvalue weighted by Crippen LogP contribution is -2.32. The summed E-state index contributed by atoms with van der Waals surface area (Å²) in [4.78, 5) is 32.4. The second-order valence-corrected chi connectivity index (χ2v) is 11.1. The molecule has 13 nitrogen and oxygen atoms in total. The van der Waals surface area contributed by atoms with Gasteiger partial charge in [0.25, 0.3) is 5.91 Å². The van der Waals surface area contributed by atoms with Crippen LogP contribution in [0.15, 0.2) is 49.3 Å². The Morgan fingerprint density at radius 3 is 2.76 bits per heavy atom. The molecule has 0 spiro atoms. The van der Waals surface area contributed by atoms with Gasteiger partial charge in [-0.1, -0.05) is 0 Å². The van der Waals surface area contributed by atoms with Gasteiger partial charge in [0, 0.05) is 12.4 Å². The number of amides is 1. The lowest BCUT2D eigenvalue weighted by molar-refractivity contribution is 0.0929. The van der Waals surface area contributed by atoms with Gasteiger partial charge in [0.05, 0.1) is 65.5 Å². The van der Waals surface area contributed by atoms with Crippen LogP contribution in [-0.2, 0) is 16.6 Å². The summed E-state index contributed by atoms with van der Waals surface area (Å²) in [5.74, 6) is -0.0532. The summed E-state index contributed by atoms with van der Waals surface area (Å²) in [6, 6.07) is 2.49. The van der Waals surface area contributed by atoms with E-state index < -0.39 is 22.0 Å². The van der Waals surface area contributed by atoms with Crippen LogP contribution in [0.3, 0.4) is 0 Å². The molecule has 0 aromatic carbocycles. The van der Waals surface area contributed by atoms with Gasteiger partial charge in [-0.25, -0.2) is 18.4 Å². The molecule has 1 aliphatic rings. The minimum absolute atomic E-state index is 0.171. The molecule has 1 amide bonds. The topological polar surface area (TPSA) is 167 Å². The van der Waals surface area contributed by atoms with Crippen LogP contribution in [0, 0.1) is 0 Å². The maximum atomic E-state index is 13.2. The van der Waals surface area contributed by atoms with Crippen LogP contribution < -0.4 is 14.8 Å². The fraction of sp³-hybridized carbons (Fsp3) is 0.318. The number of anilines is 1. The number of nitrogens with one attached hydrogen (secondary N) is 2. The van der Waals surface area contributed by atoms with E-state index in [2.05, 4.69) is 40.2 Å². The fourth-order valence-electron chi connectivity index (χ4n) is 3.44. The van der Waals surface area contributed by atoms with E-state index in [0.717, 1.165) is 11.3 Å². The van der Waals surface area contributed by atoms with Crippen molar-refractivity contribution in [2.45, 2.75) is 37.6 Å². The molecule has 1 atom stereocenters. The van der Waals surface area contributed by atoms with Crippen molar-refractivity contribution in [3.8, 4) is 16.5 Å². The molecule has 0 saturated heterocycles. The molecule has 1 saturated carbocycles. The Bertz CT molecular complexity index is 1490. The number of aromatic nitrogens is 7. The van der Waals surface area contributed by atoms with Crippen molar-refractivity contribution in [3.63, 3.8) is 0 Å². The first kappa shape index (κ1) is 24.7. The van der Waals surface area contributed by atoms with Crippen LogP contribution in [0.1, 0.15) is 41.3 Å². The van der Waals surface area contributed by atoms with Gasteiger partial charge in [-0.05, 0) is 31.9 Å². The highest BCUT2D eigenvalue weighted by atomic mass is 32.2. The molecule has 192 valence electrons. The minimum Gasteiger partial charge on any atom is -0.477 e. The summed E-state index contributed by atoms with van der Waals surface area (Å²) in [7, 11) is -3.45. The smallest absolute Gasteiger partial charge is 0.280 e. The number of ether oxygens (including phenoxy) is 1. The van der Waals surface area contributed by atoms with Crippen LogP contribution in [0.5, 0.6) is 5.88 Å². The Morgan fingerprint density at radius 2 is 2.00 bits per heavy atom. The summed E-state index contributed by atoms with van der Waals surface area (Å²) in [5.41, 5.74) is 1.35. The van der Waals surface area contributed by atoms with Gasteiger partial charge in [-0.15, -0.1) is 11.3 Å². The van der Waals surface area contributed by atoms with Crippen molar-refractivity contribution < 1.29 is 17.9 Å². The Hall–Kier alpha value is -3.98. The third-order valence-corrected chi connectivity index (χ3v) is 8.22. The van der Waals surface area contributed by atoms with Crippen molar-refractivity contribution in [3.05, 3.63) is 60.0 Å². The largest absolute Gasteiger partial charge is 0.477 e. The molecule has 4 heterocycles. The lowest BCUT2D eigenvalue weighted by atomic mass is 10.1. The zero-order chi connectivity index (χ0) is 25.8. The molecular formula is C22H23N9O4S2. The number of pyridine rings is 1. The van der Waals surface area contributed by atoms with Gasteiger partial charge in [0.2, 0.25) is 15.9 Å². The van der Waals surface area contributed by atoms with Gasteiger partial charge < -0.3 is 10.1 Å². The number of carbonyl (C=O) groups excluding carboxylic acids is 1. The quantitative estimate of drug-likeness (QED) is 0.287. The number of rotatable bonds is 11. The van der Waals surface area contributed by atoms with Crippen molar-refractivity contribution >= 4 is 33.0 Å². The van der Waals surface area contributed by atoms with Gasteiger partial charge in [-0.3, -0.25) is 19.5 Å². The van der Waals surface area contributed by atoms with Crippen molar-refractivity contribution in [1.82, 2.24) is 40.2 Å². The Morgan fingerprint density at radius 1 is 1.19 bits per heavy atom. The predicted molar refractivity (Wildman–Crippen MR) is 134 cm³/mol. The number of sulfonamides is 1. The Kier molecular flexibility index (Phi) is 7.05. The molecule has 1 aliphatic carbocycles. The average Bonchev–Trinajstić information content (AvgIpc) is 3.42. The van der Waals surface area contributed by atoms with Crippen LogP contribution in [0.2, 0.25) is 0 Å². The van der Waals surface area contributed by atoms with Gasteiger partial charge >= 0.3 is 0 Å². The highest BCUT2D eigenvalue weighted by Gasteiger charge is 2.35. The number of hydrogen-bond acceptors (Lipinski definition) is 11. The Labute approximate surface area is 216 Å². The van der Waals surface area contributed by atoms with E-state index in [9.17, 15) is 13.2 Å². The fourth-order valence-corrected chi connectivity index (χ4v) is 5.60. The molecule has 0 radical (unpaired) electrons. The minimum atomic E-state index is -3.45. The number of thiazole rings is 1. The maximum absolute atomic E-state index is 13.2. The zero-order valence-electron chi connectivity index (χ0n) is 19.7. The van der Waals surface area contributed by atoms with Gasteiger partial charge in [0.15, 0.2) is 5.01 Å². The predicted octanol–water partition coefficient (Wildman–Crippen LogP) is 2.06. The molecule has 4 aromatic rings. The second kappa shape index (κ2) is 10.6.